The Labute approximate surface area is 182 Å². The number of likely N-dealkylation sites (tertiary alicyclic amines) is 1. The Bertz CT molecular complexity index is 823. The third kappa shape index (κ3) is 6.69. The summed E-state index contributed by atoms with van der Waals surface area (Å²) in [5.74, 6) is -0.960. The average Bonchev–Trinajstić information content (AvgIpc) is 3.08. The lowest BCUT2D eigenvalue weighted by atomic mass is 9.96. The van der Waals surface area contributed by atoms with Gasteiger partial charge < -0.3 is 20.1 Å². The van der Waals surface area contributed by atoms with Crippen LogP contribution < -0.4 is 10.6 Å². The standard InChI is InChI=1S/C22H30N4O5/c1-15(2)10-18(31-21(29)24-12-16-8-6-5-7-9-16)19(27)25-22(13-23)11-17(20(28)30-4)26(3)14-22/h5-9,15,17-18H,10-12,14H2,1-4H3,(H,24,29)(H,25,27). The van der Waals surface area contributed by atoms with E-state index < -0.39 is 35.7 Å². The van der Waals surface area contributed by atoms with Crippen LogP contribution >= 0.6 is 0 Å². The fourth-order valence-corrected chi connectivity index (χ4v) is 3.58. The molecule has 1 saturated heterocycles. The number of carbonyl (C=O) groups excluding carboxylic acids is 3. The molecule has 1 fully saturated rings. The van der Waals surface area contributed by atoms with Crippen LogP contribution in [0.2, 0.25) is 0 Å². The molecule has 0 bridgehead atoms. The number of methoxy groups -OCH3 is 1. The zero-order valence-electron chi connectivity index (χ0n) is 18.4. The highest BCUT2D eigenvalue weighted by Gasteiger charge is 2.48. The van der Waals surface area contributed by atoms with E-state index >= 15 is 0 Å². The van der Waals surface area contributed by atoms with Crippen molar-refractivity contribution in [3.63, 3.8) is 0 Å². The van der Waals surface area contributed by atoms with Gasteiger partial charge in [-0.05, 0) is 24.9 Å². The van der Waals surface area contributed by atoms with Crippen LogP contribution in [0.5, 0.6) is 0 Å². The van der Waals surface area contributed by atoms with Gasteiger partial charge in [-0.15, -0.1) is 0 Å². The summed E-state index contributed by atoms with van der Waals surface area (Å²) < 4.78 is 10.2. The third-order valence-electron chi connectivity index (χ3n) is 5.15. The van der Waals surface area contributed by atoms with Gasteiger partial charge in [-0.1, -0.05) is 44.2 Å². The smallest absolute Gasteiger partial charge is 0.408 e. The third-order valence-corrected chi connectivity index (χ3v) is 5.15. The highest BCUT2D eigenvalue weighted by molar-refractivity contribution is 5.85. The van der Waals surface area contributed by atoms with E-state index in [1.807, 2.05) is 44.2 Å². The topological polar surface area (TPSA) is 121 Å². The molecule has 2 rings (SSSR count). The number of carbonyl (C=O) groups is 3. The molecule has 0 spiro atoms. The summed E-state index contributed by atoms with van der Waals surface area (Å²) in [7, 11) is 2.97. The highest BCUT2D eigenvalue weighted by atomic mass is 16.6. The molecule has 31 heavy (non-hydrogen) atoms. The number of rotatable bonds is 8. The van der Waals surface area contributed by atoms with Crippen molar-refractivity contribution < 1.29 is 23.9 Å². The normalized spacial score (nSPS) is 21.7. The summed E-state index contributed by atoms with van der Waals surface area (Å²) in [5.41, 5.74) is -0.375. The number of ether oxygens (including phenoxy) is 2. The Morgan fingerprint density at radius 2 is 1.97 bits per heavy atom. The largest absolute Gasteiger partial charge is 0.468 e. The van der Waals surface area contributed by atoms with Crippen LogP contribution in [0.25, 0.3) is 0 Å². The van der Waals surface area contributed by atoms with Crippen LogP contribution in [0.4, 0.5) is 4.79 Å². The lowest BCUT2D eigenvalue weighted by Crippen LogP contribution is -2.53. The van der Waals surface area contributed by atoms with E-state index in [4.69, 9.17) is 9.47 Å². The minimum Gasteiger partial charge on any atom is -0.468 e. The summed E-state index contributed by atoms with van der Waals surface area (Å²) in [5, 5.41) is 15.1. The first kappa shape index (κ1) is 24.2. The maximum Gasteiger partial charge on any atom is 0.408 e. The van der Waals surface area contributed by atoms with Crippen LogP contribution in [-0.2, 0) is 25.6 Å². The fraction of sp³-hybridized carbons (Fsp3) is 0.545. The Balaban J connectivity index is 2.04. The number of nitrogens with zero attached hydrogens (tertiary/aromatic N) is 2. The van der Waals surface area contributed by atoms with E-state index in [-0.39, 0.29) is 25.4 Å². The van der Waals surface area contributed by atoms with Crippen molar-refractivity contribution in [1.82, 2.24) is 15.5 Å². The predicted molar refractivity (Wildman–Crippen MR) is 113 cm³/mol. The van der Waals surface area contributed by atoms with Gasteiger partial charge in [0.25, 0.3) is 5.91 Å². The van der Waals surface area contributed by atoms with Gasteiger partial charge >= 0.3 is 12.1 Å². The Kier molecular flexibility index (Phi) is 8.39. The second kappa shape index (κ2) is 10.8. The van der Waals surface area contributed by atoms with E-state index in [1.165, 1.54) is 7.11 Å². The van der Waals surface area contributed by atoms with E-state index in [0.29, 0.717) is 6.42 Å². The van der Waals surface area contributed by atoms with Gasteiger partial charge in [0.1, 0.15) is 11.6 Å². The molecule has 2 N–H and O–H groups in total. The molecule has 1 aromatic carbocycles. The zero-order valence-corrected chi connectivity index (χ0v) is 18.4. The number of likely N-dealkylation sites (N-methyl/N-ethyl adjacent to an activating group) is 1. The molecule has 168 valence electrons. The number of benzene rings is 1. The van der Waals surface area contributed by atoms with Gasteiger partial charge in [-0.25, -0.2) is 4.79 Å². The summed E-state index contributed by atoms with van der Waals surface area (Å²) in [6.07, 6.45) is -1.40. The van der Waals surface area contributed by atoms with Crippen LogP contribution in [-0.4, -0.2) is 61.3 Å². The molecule has 9 heteroatoms. The first-order chi connectivity index (χ1) is 14.7. The van der Waals surface area contributed by atoms with Crippen molar-refractivity contribution in [2.24, 2.45) is 5.92 Å². The van der Waals surface area contributed by atoms with Crippen LogP contribution in [0.3, 0.4) is 0 Å². The molecule has 0 saturated carbocycles. The number of hydrogen-bond donors (Lipinski definition) is 2. The van der Waals surface area contributed by atoms with Crippen molar-refractivity contribution in [2.45, 2.75) is 50.9 Å². The van der Waals surface area contributed by atoms with Gasteiger partial charge in [0, 0.05) is 19.5 Å². The maximum atomic E-state index is 13.0. The van der Waals surface area contributed by atoms with Gasteiger partial charge in [0.2, 0.25) is 0 Å². The monoisotopic (exact) mass is 430 g/mol. The van der Waals surface area contributed by atoms with Crippen molar-refractivity contribution in [2.75, 3.05) is 20.7 Å². The minimum absolute atomic E-state index is 0.0739. The number of alkyl carbamates (subject to hydrolysis) is 1. The summed E-state index contributed by atoms with van der Waals surface area (Å²) in [6, 6.07) is 10.8. The molecule has 0 aromatic heterocycles. The molecule has 0 aliphatic carbocycles. The van der Waals surface area contributed by atoms with Crippen LogP contribution in [0.1, 0.15) is 32.3 Å². The molecular weight excluding hydrogens is 400 g/mol. The molecule has 1 aromatic rings. The van der Waals surface area contributed by atoms with Crippen molar-refractivity contribution in [1.29, 1.82) is 5.26 Å². The molecule has 1 aliphatic rings. The lowest BCUT2D eigenvalue weighted by Gasteiger charge is -2.26. The SMILES string of the molecule is COC(=O)C1CC(C#N)(NC(=O)C(CC(C)C)OC(=O)NCc2ccccc2)CN1C. The van der Waals surface area contributed by atoms with Gasteiger partial charge in [-0.2, -0.15) is 5.26 Å². The number of hydrogen-bond acceptors (Lipinski definition) is 7. The molecule has 3 atom stereocenters. The zero-order chi connectivity index (χ0) is 23.0. The molecule has 3 unspecified atom stereocenters. The lowest BCUT2D eigenvalue weighted by molar-refractivity contribution is -0.145. The molecule has 0 radical (unpaired) electrons. The van der Waals surface area contributed by atoms with E-state index in [0.717, 1.165) is 5.56 Å². The fourth-order valence-electron chi connectivity index (χ4n) is 3.58. The van der Waals surface area contributed by atoms with Crippen molar-refractivity contribution in [3.05, 3.63) is 35.9 Å². The highest BCUT2D eigenvalue weighted by Crippen LogP contribution is 2.27. The Morgan fingerprint density at radius 1 is 1.29 bits per heavy atom. The van der Waals surface area contributed by atoms with E-state index in [1.54, 1.807) is 11.9 Å². The summed E-state index contributed by atoms with van der Waals surface area (Å²) in [4.78, 5) is 38.9. The maximum absolute atomic E-state index is 13.0. The van der Waals surface area contributed by atoms with Crippen molar-refractivity contribution >= 4 is 18.0 Å². The van der Waals surface area contributed by atoms with Gasteiger partial charge in [-0.3, -0.25) is 14.5 Å². The summed E-state index contributed by atoms with van der Waals surface area (Å²) in [6.45, 7) is 4.23. The Morgan fingerprint density at radius 3 is 2.55 bits per heavy atom. The number of esters is 1. The van der Waals surface area contributed by atoms with Crippen molar-refractivity contribution in [3.8, 4) is 6.07 Å². The van der Waals surface area contributed by atoms with Gasteiger partial charge in [0.15, 0.2) is 6.10 Å². The first-order valence-corrected chi connectivity index (χ1v) is 10.2. The minimum atomic E-state index is -1.27. The van der Waals surface area contributed by atoms with Crippen LogP contribution in [0, 0.1) is 17.2 Å². The van der Waals surface area contributed by atoms with E-state index in [2.05, 4.69) is 16.7 Å². The molecule has 2 amide bonds. The molecular formula is C22H30N4O5. The number of nitriles is 1. The average molecular weight is 431 g/mol. The molecule has 1 heterocycles. The van der Waals surface area contributed by atoms with E-state index in [9.17, 15) is 19.6 Å². The number of amides is 2. The Hall–Kier alpha value is -3.12. The number of nitrogens with one attached hydrogen (secondary N) is 2. The first-order valence-electron chi connectivity index (χ1n) is 10.2. The second-order valence-corrected chi connectivity index (χ2v) is 8.20. The van der Waals surface area contributed by atoms with Crippen LogP contribution in [0.15, 0.2) is 30.3 Å². The molecule has 9 nitrogen and oxygen atoms in total. The van der Waals surface area contributed by atoms with Gasteiger partial charge in [0.05, 0.1) is 13.2 Å². The predicted octanol–water partition coefficient (Wildman–Crippen LogP) is 1.58. The molecule has 1 aliphatic heterocycles. The second-order valence-electron chi connectivity index (χ2n) is 8.20. The summed E-state index contributed by atoms with van der Waals surface area (Å²) >= 11 is 0. The quantitative estimate of drug-likeness (QED) is 0.601.